The molecule has 0 amide bonds. The minimum Gasteiger partial charge on any atom is -1.00 e. The molecule has 0 fully saturated rings. The summed E-state index contributed by atoms with van der Waals surface area (Å²) in [5.74, 6) is 0. The zero-order valence-electron chi connectivity index (χ0n) is 10.6. The Bertz CT molecular complexity index is 412. The molecule has 0 aromatic rings. The fourth-order valence-corrected chi connectivity index (χ4v) is 0.680. The van der Waals surface area contributed by atoms with Crippen molar-refractivity contribution in [3.63, 3.8) is 0 Å². The van der Waals surface area contributed by atoms with Gasteiger partial charge in [0.15, 0.2) is 10.1 Å². The van der Waals surface area contributed by atoms with Crippen molar-refractivity contribution in [2.24, 2.45) is 0 Å². The van der Waals surface area contributed by atoms with E-state index in [1.165, 1.54) is 0 Å². The Labute approximate surface area is 130 Å². The summed E-state index contributed by atoms with van der Waals surface area (Å²) in [5, 5.41) is 0. The molecule has 0 aromatic carbocycles. The summed E-state index contributed by atoms with van der Waals surface area (Å²) in [6.07, 6.45) is 20.0. The molecule has 0 heterocycles. The molecule has 0 aliphatic heterocycles. The van der Waals surface area contributed by atoms with Gasteiger partial charge in [-0.3, -0.25) is 12.2 Å². The van der Waals surface area contributed by atoms with E-state index in [2.05, 4.69) is 24.3 Å². The molecule has 2 aliphatic rings. The van der Waals surface area contributed by atoms with Crippen LogP contribution in [0.5, 0.6) is 0 Å². The van der Waals surface area contributed by atoms with Crippen LogP contribution in [-0.2, 0) is 36.3 Å². The molecule has 0 unspecified atom stereocenters. The van der Waals surface area contributed by atoms with Crippen LogP contribution in [0.3, 0.4) is 0 Å². The molecule has 0 spiro atoms. The monoisotopic (exact) mass is 370 g/mol. The molecule has 0 radical (unpaired) electrons. The molecule has 2 aliphatic carbocycles. The number of hydrogen-bond acceptors (Lipinski definition) is 3. The maximum Gasteiger partial charge on any atom is 4.00 e. The van der Waals surface area contributed by atoms with E-state index < -0.39 is 15.6 Å². The van der Waals surface area contributed by atoms with Crippen molar-refractivity contribution < 1.29 is 53.8 Å². The third-order valence-electron chi connectivity index (χ3n) is 1.46. The van der Waals surface area contributed by atoms with Gasteiger partial charge in [0.2, 0.25) is 0 Å². The molecule has 3 nitrogen and oxygen atoms in total. The number of allylic oxidation sites excluding steroid dienone is 8. The standard InChI is InChI=1S/2C5H5.CHF3O3S.Zr.H/c2*1-2-4-5-3-1;2-1(3,4)8(5,6)7;;/h2*1-3H,4H2;(H,5,6,7);;/q2*-1;;+4;-1/p-1. The number of hydrogen-bond donors (Lipinski definition) is 0. The van der Waals surface area contributed by atoms with Crippen LogP contribution in [0.25, 0.3) is 0 Å². The molecular formula is C11H11F3O3SZr. The van der Waals surface area contributed by atoms with Gasteiger partial charge in [0, 0.05) is 0 Å². The average Bonchev–Trinajstić information content (AvgIpc) is 2.95. The first kappa shape index (κ1) is 20.9. The van der Waals surface area contributed by atoms with E-state index in [-0.39, 0.29) is 27.6 Å². The summed E-state index contributed by atoms with van der Waals surface area (Å²) in [7, 11) is -6.09. The van der Waals surface area contributed by atoms with Crippen LogP contribution in [0.1, 0.15) is 14.3 Å². The second kappa shape index (κ2) is 10.3. The van der Waals surface area contributed by atoms with E-state index in [1.54, 1.807) is 0 Å². The minimum atomic E-state index is -6.09. The van der Waals surface area contributed by atoms with E-state index in [0.29, 0.717) is 0 Å². The van der Waals surface area contributed by atoms with Crippen LogP contribution >= 0.6 is 0 Å². The predicted molar refractivity (Wildman–Crippen MR) is 60.0 cm³/mol. The maximum absolute atomic E-state index is 10.7. The fraction of sp³-hybridized carbons (Fsp3) is 0.273. The van der Waals surface area contributed by atoms with Crippen LogP contribution in [0.4, 0.5) is 13.2 Å². The van der Waals surface area contributed by atoms with Crippen molar-refractivity contribution >= 4 is 10.1 Å². The SMILES string of the molecule is O=S(=O)([O-])C(F)(F)F.[C-]1=CC=CC1.[C-]1=CC=CC1.[H-].[Zr+4]. The Morgan fingerprint density at radius 1 is 1.05 bits per heavy atom. The summed E-state index contributed by atoms with van der Waals surface area (Å²) in [6, 6.07) is 0. The van der Waals surface area contributed by atoms with Gasteiger partial charge in [-0.1, -0.05) is 0 Å². The van der Waals surface area contributed by atoms with E-state index in [1.807, 2.05) is 24.3 Å². The molecule has 0 bridgehead atoms. The fourth-order valence-electron chi connectivity index (χ4n) is 0.680. The zero-order valence-corrected chi connectivity index (χ0v) is 12.9. The maximum atomic E-state index is 10.7. The van der Waals surface area contributed by atoms with Gasteiger partial charge in [0.25, 0.3) is 0 Å². The second-order valence-electron chi connectivity index (χ2n) is 2.91. The van der Waals surface area contributed by atoms with E-state index in [4.69, 9.17) is 13.0 Å². The number of rotatable bonds is 0. The van der Waals surface area contributed by atoms with Crippen LogP contribution < -0.4 is 0 Å². The molecule has 0 atom stereocenters. The molecule has 0 saturated heterocycles. The Kier molecular flexibility index (Phi) is 11.4. The van der Waals surface area contributed by atoms with Crippen LogP contribution in [0.2, 0.25) is 0 Å². The predicted octanol–water partition coefficient (Wildman–Crippen LogP) is 2.77. The summed E-state index contributed by atoms with van der Waals surface area (Å²) in [5.41, 5.74) is -5.65. The molecule has 0 N–H and O–H groups in total. The minimum absolute atomic E-state index is 0. The largest absolute Gasteiger partial charge is 4.00 e. The third kappa shape index (κ3) is 12.3. The summed E-state index contributed by atoms with van der Waals surface area (Å²) in [4.78, 5) is 0. The Morgan fingerprint density at radius 3 is 1.42 bits per heavy atom. The first-order valence-corrected chi connectivity index (χ1v) is 6.11. The van der Waals surface area contributed by atoms with Crippen molar-refractivity contribution in [2.75, 3.05) is 0 Å². The second-order valence-corrected chi connectivity index (χ2v) is 4.28. The van der Waals surface area contributed by atoms with E-state index >= 15 is 0 Å². The molecule has 0 saturated carbocycles. The molecular weight excluding hydrogens is 360 g/mol. The summed E-state index contributed by atoms with van der Waals surface area (Å²) in [6.45, 7) is 0. The average molecular weight is 371 g/mol. The number of halogens is 3. The van der Waals surface area contributed by atoms with Gasteiger partial charge >= 0.3 is 31.7 Å². The molecule has 0 aromatic heterocycles. The van der Waals surface area contributed by atoms with Crippen molar-refractivity contribution in [1.29, 1.82) is 0 Å². The molecule has 2 rings (SSSR count). The summed E-state index contributed by atoms with van der Waals surface area (Å²) >= 11 is 0. The van der Waals surface area contributed by atoms with Crippen molar-refractivity contribution in [2.45, 2.75) is 18.3 Å². The van der Waals surface area contributed by atoms with Gasteiger partial charge < -0.3 is 5.98 Å². The van der Waals surface area contributed by atoms with Gasteiger partial charge in [0.05, 0.1) is 0 Å². The first-order valence-electron chi connectivity index (χ1n) is 4.71. The Morgan fingerprint density at radius 2 is 1.37 bits per heavy atom. The summed E-state index contributed by atoms with van der Waals surface area (Å²) < 4.78 is 58.9. The smallest absolute Gasteiger partial charge is 1.00 e. The quantitative estimate of drug-likeness (QED) is 0.374. The van der Waals surface area contributed by atoms with Gasteiger partial charge in [-0.25, -0.2) is 32.7 Å². The Balaban J connectivity index is -0.000000212. The molecule has 8 heteroatoms. The van der Waals surface area contributed by atoms with Crippen molar-refractivity contribution in [1.82, 2.24) is 0 Å². The van der Waals surface area contributed by atoms with Crippen LogP contribution in [0.15, 0.2) is 36.5 Å². The molecule has 104 valence electrons. The van der Waals surface area contributed by atoms with E-state index in [0.717, 1.165) is 12.8 Å². The van der Waals surface area contributed by atoms with Crippen LogP contribution in [-0.4, -0.2) is 18.5 Å². The topological polar surface area (TPSA) is 57.2 Å². The zero-order chi connectivity index (χ0) is 14.1. The van der Waals surface area contributed by atoms with Gasteiger partial charge in [-0.05, 0) is 0 Å². The molecule has 19 heavy (non-hydrogen) atoms. The van der Waals surface area contributed by atoms with Crippen molar-refractivity contribution in [3.05, 3.63) is 48.6 Å². The van der Waals surface area contributed by atoms with Gasteiger partial charge in [-0.2, -0.15) is 25.3 Å². The van der Waals surface area contributed by atoms with E-state index in [9.17, 15) is 13.2 Å². The normalized spacial score (nSPS) is 15.2. The first-order chi connectivity index (χ1) is 8.25. The van der Waals surface area contributed by atoms with Gasteiger partial charge in [0.1, 0.15) is 0 Å². The van der Waals surface area contributed by atoms with Gasteiger partial charge in [-0.15, -0.1) is 12.8 Å². The Hall–Kier alpha value is -0.457. The third-order valence-corrected chi connectivity index (χ3v) is 2.02. The van der Waals surface area contributed by atoms with Crippen molar-refractivity contribution in [3.8, 4) is 0 Å². The number of alkyl halides is 3. The van der Waals surface area contributed by atoms with Crippen LogP contribution in [0, 0.1) is 12.2 Å².